The van der Waals surface area contributed by atoms with Crippen LogP contribution in [-0.4, -0.2) is 38.8 Å². The van der Waals surface area contributed by atoms with E-state index in [0.29, 0.717) is 18.8 Å². The lowest BCUT2D eigenvalue weighted by atomic mass is 10.2. The van der Waals surface area contributed by atoms with Crippen molar-refractivity contribution < 1.29 is 22.3 Å². The van der Waals surface area contributed by atoms with Gasteiger partial charge in [-0.1, -0.05) is 6.42 Å². The van der Waals surface area contributed by atoms with E-state index in [4.69, 9.17) is 4.74 Å². The van der Waals surface area contributed by atoms with Gasteiger partial charge in [0.2, 0.25) is 10.0 Å². The number of amides is 1. The van der Waals surface area contributed by atoms with Crippen molar-refractivity contribution >= 4 is 21.6 Å². The van der Waals surface area contributed by atoms with Crippen LogP contribution in [0.2, 0.25) is 0 Å². The Labute approximate surface area is 158 Å². The van der Waals surface area contributed by atoms with Crippen molar-refractivity contribution in [1.29, 1.82) is 0 Å². The third-order valence-electron chi connectivity index (χ3n) is 4.48. The molecule has 1 aliphatic rings. The van der Waals surface area contributed by atoms with Crippen LogP contribution < -0.4 is 10.1 Å². The fraction of sp³-hybridized carbons (Fsp3) is 0.316. The zero-order chi connectivity index (χ0) is 19.4. The number of carbonyl (C=O) groups excluding carboxylic acids is 1. The minimum atomic E-state index is -3.64. The number of nitrogens with zero attached hydrogens (tertiary/aromatic N) is 1. The number of nitrogens with one attached hydrogen (secondary N) is 1. The Morgan fingerprint density at radius 2 is 1.74 bits per heavy atom. The zero-order valence-corrected chi connectivity index (χ0v) is 15.8. The molecule has 1 heterocycles. The number of methoxy groups -OCH3 is 1. The van der Waals surface area contributed by atoms with E-state index in [0.717, 1.165) is 19.3 Å². The van der Waals surface area contributed by atoms with Crippen LogP contribution in [0.1, 0.15) is 29.6 Å². The lowest BCUT2D eigenvalue weighted by molar-refractivity contribution is 0.102. The number of ether oxygens (including phenoxy) is 1. The van der Waals surface area contributed by atoms with E-state index >= 15 is 0 Å². The Morgan fingerprint density at radius 3 is 2.37 bits per heavy atom. The van der Waals surface area contributed by atoms with Gasteiger partial charge >= 0.3 is 0 Å². The molecule has 0 atom stereocenters. The lowest BCUT2D eigenvalue weighted by Gasteiger charge is -2.26. The normalized spacial score (nSPS) is 15.3. The predicted octanol–water partition coefficient (Wildman–Crippen LogP) is 3.26. The topological polar surface area (TPSA) is 75.7 Å². The zero-order valence-electron chi connectivity index (χ0n) is 14.9. The molecule has 0 spiro atoms. The van der Waals surface area contributed by atoms with Gasteiger partial charge in [0.15, 0.2) is 0 Å². The van der Waals surface area contributed by atoms with Crippen LogP contribution in [-0.2, 0) is 10.0 Å². The van der Waals surface area contributed by atoms with E-state index in [9.17, 15) is 17.6 Å². The summed E-state index contributed by atoms with van der Waals surface area (Å²) in [6.45, 7) is 0.983. The summed E-state index contributed by atoms with van der Waals surface area (Å²) in [4.78, 5) is 12.5. The summed E-state index contributed by atoms with van der Waals surface area (Å²) >= 11 is 0. The monoisotopic (exact) mass is 392 g/mol. The van der Waals surface area contributed by atoms with E-state index in [1.54, 1.807) is 0 Å². The Hall–Kier alpha value is -2.45. The second kappa shape index (κ2) is 8.06. The molecule has 0 saturated carbocycles. The fourth-order valence-corrected chi connectivity index (χ4v) is 4.54. The van der Waals surface area contributed by atoms with Gasteiger partial charge in [-0.3, -0.25) is 4.79 Å². The van der Waals surface area contributed by atoms with Crippen LogP contribution in [0.5, 0.6) is 5.75 Å². The van der Waals surface area contributed by atoms with Crippen LogP contribution >= 0.6 is 0 Å². The van der Waals surface area contributed by atoms with Crippen LogP contribution in [0.25, 0.3) is 0 Å². The molecule has 1 fully saturated rings. The fourth-order valence-electron chi connectivity index (χ4n) is 3.00. The maximum absolute atomic E-state index is 13.0. The molecule has 2 aromatic carbocycles. The molecule has 1 amide bonds. The molecule has 144 valence electrons. The molecular formula is C19H21FN2O4S. The molecule has 0 bridgehead atoms. The highest BCUT2D eigenvalue weighted by molar-refractivity contribution is 7.89. The van der Waals surface area contributed by atoms with Crippen molar-refractivity contribution in [3.8, 4) is 5.75 Å². The summed E-state index contributed by atoms with van der Waals surface area (Å²) in [5, 5.41) is 2.64. The molecule has 1 N–H and O–H groups in total. The molecule has 1 aliphatic heterocycles. The van der Waals surface area contributed by atoms with Gasteiger partial charge in [-0.15, -0.1) is 0 Å². The molecule has 0 unspecified atom stereocenters. The standard InChI is InChI=1S/C19H21FN2O4S/c1-26-18-10-9-16(27(24,25)22-11-3-2-4-12-22)13-17(18)21-19(23)14-5-7-15(20)8-6-14/h5-10,13H,2-4,11-12H2,1H3,(H,21,23). The summed E-state index contributed by atoms with van der Waals surface area (Å²) < 4.78 is 45.5. The van der Waals surface area contributed by atoms with E-state index in [-0.39, 0.29) is 16.1 Å². The van der Waals surface area contributed by atoms with Gasteiger partial charge in [-0.05, 0) is 55.3 Å². The van der Waals surface area contributed by atoms with Crippen LogP contribution in [0.4, 0.5) is 10.1 Å². The molecule has 8 heteroatoms. The summed E-state index contributed by atoms with van der Waals surface area (Å²) in [5.74, 6) is -0.595. The first-order chi connectivity index (χ1) is 12.9. The number of hydrogen-bond acceptors (Lipinski definition) is 4. The minimum Gasteiger partial charge on any atom is -0.495 e. The average Bonchev–Trinajstić information content (AvgIpc) is 2.69. The van der Waals surface area contributed by atoms with E-state index in [2.05, 4.69) is 5.32 Å². The van der Waals surface area contributed by atoms with Gasteiger partial charge < -0.3 is 10.1 Å². The number of halogens is 1. The minimum absolute atomic E-state index is 0.0969. The first-order valence-electron chi connectivity index (χ1n) is 8.67. The highest BCUT2D eigenvalue weighted by atomic mass is 32.2. The number of carbonyl (C=O) groups is 1. The second-order valence-corrected chi connectivity index (χ2v) is 8.23. The molecule has 0 aromatic heterocycles. The van der Waals surface area contributed by atoms with Crippen molar-refractivity contribution in [2.24, 2.45) is 0 Å². The Balaban J connectivity index is 1.89. The highest BCUT2D eigenvalue weighted by Gasteiger charge is 2.27. The predicted molar refractivity (Wildman–Crippen MR) is 100.0 cm³/mol. The first-order valence-corrected chi connectivity index (χ1v) is 10.1. The van der Waals surface area contributed by atoms with Gasteiger partial charge in [0.25, 0.3) is 5.91 Å². The SMILES string of the molecule is COc1ccc(S(=O)(=O)N2CCCCC2)cc1NC(=O)c1ccc(F)cc1. The van der Waals surface area contributed by atoms with Gasteiger partial charge in [0, 0.05) is 18.7 Å². The molecule has 6 nitrogen and oxygen atoms in total. The molecule has 3 rings (SSSR count). The summed E-state index contributed by atoms with van der Waals surface area (Å²) in [6, 6.07) is 9.45. The van der Waals surface area contributed by atoms with Crippen molar-refractivity contribution in [2.45, 2.75) is 24.2 Å². The van der Waals surface area contributed by atoms with Gasteiger partial charge in [-0.2, -0.15) is 4.31 Å². The van der Waals surface area contributed by atoms with Crippen molar-refractivity contribution in [2.75, 3.05) is 25.5 Å². The van der Waals surface area contributed by atoms with Gasteiger partial charge in [0.05, 0.1) is 17.7 Å². The average molecular weight is 392 g/mol. The second-order valence-electron chi connectivity index (χ2n) is 6.29. The third kappa shape index (κ3) is 4.28. The van der Waals surface area contributed by atoms with Crippen molar-refractivity contribution in [1.82, 2.24) is 4.31 Å². The molecule has 1 saturated heterocycles. The summed E-state index contributed by atoms with van der Waals surface area (Å²) in [7, 11) is -2.21. The van der Waals surface area contributed by atoms with Gasteiger partial charge in [0.1, 0.15) is 11.6 Å². The Bertz CT molecular complexity index is 923. The number of anilines is 1. The first kappa shape index (κ1) is 19.3. The molecule has 0 radical (unpaired) electrons. The molecule has 2 aromatic rings. The smallest absolute Gasteiger partial charge is 0.255 e. The third-order valence-corrected chi connectivity index (χ3v) is 6.37. The number of rotatable bonds is 5. The van der Waals surface area contributed by atoms with Crippen LogP contribution in [0.3, 0.4) is 0 Å². The van der Waals surface area contributed by atoms with Crippen LogP contribution in [0.15, 0.2) is 47.4 Å². The van der Waals surface area contributed by atoms with E-state index < -0.39 is 21.7 Å². The van der Waals surface area contributed by atoms with Gasteiger partial charge in [-0.25, -0.2) is 12.8 Å². The number of hydrogen-bond donors (Lipinski definition) is 1. The molecule has 0 aliphatic carbocycles. The Morgan fingerprint density at radius 1 is 1.07 bits per heavy atom. The lowest BCUT2D eigenvalue weighted by Crippen LogP contribution is -2.35. The number of benzene rings is 2. The number of piperidine rings is 1. The molecular weight excluding hydrogens is 371 g/mol. The van der Waals surface area contributed by atoms with Crippen LogP contribution in [0, 0.1) is 5.82 Å². The summed E-state index contributed by atoms with van der Waals surface area (Å²) in [5.41, 5.74) is 0.493. The number of sulfonamides is 1. The highest BCUT2D eigenvalue weighted by Crippen LogP contribution is 2.30. The maximum Gasteiger partial charge on any atom is 0.255 e. The van der Waals surface area contributed by atoms with E-state index in [1.807, 2.05) is 0 Å². The largest absolute Gasteiger partial charge is 0.495 e. The quantitative estimate of drug-likeness (QED) is 0.847. The Kier molecular flexibility index (Phi) is 5.76. The molecule has 27 heavy (non-hydrogen) atoms. The summed E-state index contributed by atoms with van der Waals surface area (Å²) in [6.07, 6.45) is 2.70. The van der Waals surface area contributed by atoms with E-state index in [1.165, 1.54) is 53.9 Å². The van der Waals surface area contributed by atoms with Crippen molar-refractivity contribution in [3.63, 3.8) is 0 Å². The van der Waals surface area contributed by atoms with Crippen molar-refractivity contribution in [3.05, 3.63) is 53.8 Å². The maximum atomic E-state index is 13.0.